The van der Waals surface area contributed by atoms with Crippen LogP contribution < -0.4 is 4.74 Å². The van der Waals surface area contributed by atoms with Crippen LogP contribution in [0.2, 0.25) is 0 Å². The summed E-state index contributed by atoms with van der Waals surface area (Å²) in [5.74, 6) is -0.00929. The summed E-state index contributed by atoms with van der Waals surface area (Å²) >= 11 is 0. The van der Waals surface area contributed by atoms with Crippen molar-refractivity contribution in [3.05, 3.63) is 35.9 Å². The molecule has 5 nitrogen and oxygen atoms in total. The lowest BCUT2D eigenvalue weighted by molar-refractivity contribution is -0.143. The van der Waals surface area contributed by atoms with Crippen molar-refractivity contribution in [2.24, 2.45) is 7.05 Å². The molecule has 0 bridgehead atoms. The second kappa shape index (κ2) is 6.23. The molecule has 0 N–H and O–H groups in total. The van der Waals surface area contributed by atoms with Gasteiger partial charge in [-0.15, -0.1) is 5.10 Å². The first-order chi connectivity index (χ1) is 9.65. The number of esters is 1. The highest BCUT2D eigenvalue weighted by molar-refractivity contribution is 5.71. The maximum Gasteiger partial charge on any atom is 0.343 e. The molecule has 0 spiro atoms. The van der Waals surface area contributed by atoms with Crippen LogP contribution in [0.15, 0.2) is 30.3 Å². The number of benzene rings is 1. The molecule has 0 atom stereocenters. The first kappa shape index (κ1) is 14.1. The molecule has 2 aromatic rings. The molecule has 1 aromatic carbocycles. The van der Waals surface area contributed by atoms with Gasteiger partial charge in [-0.05, 0) is 12.0 Å². The third-order valence-electron chi connectivity index (χ3n) is 3.10. The van der Waals surface area contributed by atoms with Gasteiger partial charge in [0.15, 0.2) is 6.61 Å². The van der Waals surface area contributed by atoms with E-state index in [1.54, 1.807) is 4.68 Å². The molecule has 0 aliphatic carbocycles. The van der Waals surface area contributed by atoms with Crippen molar-refractivity contribution < 1.29 is 14.3 Å². The first-order valence-corrected chi connectivity index (χ1v) is 6.47. The Hall–Kier alpha value is -2.30. The number of methoxy groups -OCH3 is 1. The van der Waals surface area contributed by atoms with Crippen molar-refractivity contribution in [2.75, 3.05) is 13.7 Å². The molecule has 20 heavy (non-hydrogen) atoms. The second-order valence-corrected chi connectivity index (χ2v) is 4.37. The van der Waals surface area contributed by atoms with Crippen LogP contribution in [-0.2, 0) is 23.0 Å². The van der Waals surface area contributed by atoms with E-state index in [0.29, 0.717) is 5.88 Å². The summed E-state index contributed by atoms with van der Waals surface area (Å²) < 4.78 is 11.6. The Balaban J connectivity index is 2.25. The summed E-state index contributed by atoms with van der Waals surface area (Å²) in [5, 5.41) is 4.26. The van der Waals surface area contributed by atoms with E-state index >= 15 is 0 Å². The molecule has 0 aliphatic rings. The number of nitrogens with zero attached hydrogens (tertiary/aromatic N) is 2. The monoisotopic (exact) mass is 274 g/mol. The molecule has 0 unspecified atom stereocenters. The number of carbonyl (C=O) groups is 1. The van der Waals surface area contributed by atoms with Gasteiger partial charge in [-0.3, -0.25) is 4.68 Å². The Bertz CT molecular complexity index is 605. The SMILES string of the molecule is CCc1ccccc1-c1cc(OCC(=O)OC)nn1C. The Morgan fingerprint density at radius 1 is 1.35 bits per heavy atom. The van der Waals surface area contributed by atoms with Crippen LogP contribution in [0.5, 0.6) is 5.88 Å². The number of rotatable bonds is 5. The van der Waals surface area contributed by atoms with E-state index in [2.05, 4.69) is 28.9 Å². The van der Waals surface area contributed by atoms with Crippen molar-refractivity contribution >= 4 is 5.97 Å². The molecule has 1 heterocycles. The fourth-order valence-corrected chi connectivity index (χ4v) is 2.03. The van der Waals surface area contributed by atoms with E-state index in [-0.39, 0.29) is 6.61 Å². The zero-order valence-electron chi connectivity index (χ0n) is 11.9. The number of ether oxygens (including phenoxy) is 2. The molecule has 106 valence electrons. The van der Waals surface area contributed by atoms with Gasteiger partial charge in [0.05, 0.1) is 12.8 Å². The van der Waals surface area contributed by atoms with Crippen molar-refractivity contribution in [1.82, 2.24) is 9.78 Å². The van der Waals surface area contributed by atoms with Gasteiger partial charge in [-0.25, -0.2) is 4.79 Å². The third-order valence-corrected chi connectivity index (χ3v) is 3.10. The summed E-state index contributed by atoms with van der Waals surface area (Å²) in [4.78, 5) is 11.1. The topological polar surface area (TPSA) is 53.4 Å². The molecular weight excluding hydrogens is 256 g/mol. The van der Waals surface area contributed by atoms with E-state index in [1.807, 2.05) is 25.2 Å². The number of hydrogen-bond donors (Lipinski definition) is 0. The summed E-state index contributed by atoms with van der Waals surface area (Å²) in [6.45, 7) is 1.98. The predicted molar refractivity (Wildman–Crippen MR) is 75.5 cm³/mol. The standard InChI is InChI=1S/C15H18N2O3/c1-4-11-7-5-6-8-12(11)13-9-14(16-17(13)2)20-10-15(18)19-3/h5-9H,4,10H2,1-3H3. The van der Waals surface area contributed by atoms with E-state index in [9.17, 15) is 4.79 Å². The molecule has 5 heteroatoms. The smallest absolute Gasteiger partial charge is 0.343 e. The summed E-state index contributed by atoms with van der Waals surface area (Å²) in [6.07, 6.45) is 0.944. The Morgan fingerprint density at radius 3 is 2.80 bits per heavy atom. The lowest BCUT2D eigenvalue weighted by atomic mass is 10.0. The quantitative estimate of drug-likeness (QED) is 0.784. The molecule has 2 rings (SSSR count). The van der Waals surface area contributed by atoms with Crippen molar-refractivity contribution in [2.45, 2.75) is 13.3 Å². The van der Waals surface area contributed by atoms with Crippen molar-refractivity contribution in [1.29, 1.82) is 0 Å². The molecule has 0 saturated heterocycles. The van der Waals surface area contributed by atoms with Gasteiger partial charge in [-0.1, -0.05) is 31.2 Å². The van der Waals surface area contributed by atoms with Crippen LogP contribution >= 0.6 is 0 Å². The minimum atomic E-state index is -0.425. The fourth-order valence-electron chi connectivity index (χ4n) is 2.03. The van der Waals surface area contributed by atoms with Crippen LogP contribution in [0.3, 0.4) is 0 Å². The molecule has 0 radical (unpaired) electrons. The molecule has 1 aromatic heterocycles. The normalized spacial score (nSPS) is 10.3. The van der Waals surface area contributed by atoms with Crippen LogP contribution in [0, 0.1) is 0 Å². The summed E-state index contributed by atoms with van der Waals surface area (Å²) in [7, 11) is 3.18. The van der Waals surface area contributed by atoms with Gasteiger partial charge in [0, 0.05) is 18.7 Å². The van der Waals surface area contributed by atoms with Gasteiger partial charge in [0.1, 0.15) is 0 Å². The number of aryl methyl sites for hydroxylation is 2. The van der Waals surface area contributed by atoms with E-state index in [0.717, 1.165) is 17.7 Å². The lowest BCUT2D eigenvalue weighted by Crippen LogP contribution is -2.12. The van der Waals surface area contributed by atoms with Crippen LogP contribution in [0.1, 0.15) is 12.5 Å². The average molecular weight is 274 g/mol. The molecule has 0 amide bonds. The Labute approximate surface area is 118 Å². The van der Waals surface area contributed by atoms with Gasteiger partial charge in [-0.2, -0.15) is 0 Å². The van der Waals surface area contributed by atoms with Gasteiger partial charge in [0.25, 0.3) is 0 Å². The predicted octanol–water partition coefficient (Wildman–Crippen LogP) is 2.20. The van der Waals surface area contributed by atoms with Crippen molar-refractivity contribution in [3.63, 3.8) is 0 Å². The lowest BCUT2D eigenvalue weighted by Gasteiger charge is -2.06. The zero-order chi connectivity index (χ0) is 14.5. The number of carbonyl (C=O) groups excluding carboxylic acids is 1. The van der Waals surface area contributed by atoms with Crippen molar-refractivity contribution in [3.8, 4) is 17.1 Å². The average Bonchev–Trinajstić information content (AvgIpc) is 2.85. The maximum atomic E-state index is 11.1. The first-order valence-electron chi connectivity index (χ1n) is 6.47. The highest BCUT2D eigenvalue weighted by Crippen LogP contribution is 2.26. The van der Waals surface area contributed by atoms with Crippen LogP contribution in [0.25, 0.3) is 11.3 Å². The summed E-state index contributed by atoms with van der Waals surface area (Å²) in [6, 6.07) is 10.00. The fraction of sp³-hybridized carbons (Fsp3) is 0.333. The molecule has 0 saturated carbocycles. The highest BCUT2D eigenvalue weighted by atomic mass is 16.6. The van der Waals surface area contributed by atoms with Crippen LogP contribution in [-0.4, -0.2) is 29.5 Å². The van der Waals surface area contributed by atoms with E-state index < -0.39 is 5.97 Å². The van der Waals surface area contributed by atoms with E-state index in [4.69, 9.17) is 4.74 Å². The van der Waals surface area contributed by atoms with Crippen LogP contribution in [0.4, 0.5) is 0 Å². The Morgan fingerprint density at radius 2 is 2.10 bits per heavy atom. The number of hydrogen-bond acceptors (Lipinski definition) is 4. The molecule has 0 aliphatic heterocycles. The molecule has 0 fully saturated rings. The van der Waals surface area contributed by atoms with Gasteiger partial charge < -0.3 is 9.47 Å². The van der Waals surface area contributed by atoms with Gasteiger partial charge >= 0.3 is 5.97 Å². The minimum absolute atomic E-state index is 0.137. The molecular formula is C15H18N2O3. The largest absolute Gasteiger partial charge is 0.466 e. The minimum Gasteiger partial charge on any atom is -0.466 e. The third kappa shape index (κ3) is 2.99. The Kier molecular flexibility index (Phi) is 4.40. The van der Waals surface area contributed by atoms with E-state index in [1.165, 1.54) is 12.7 Å². The zero-order valence-corrected chi connectivity index (χ0v) is 11.9. The van der Waals surface area contributed by atoms with Gasteiger partial charge in [0.2, 0.25) is 5.88 Å². The second-order valence-electron chi connectivity index (χ2n) is 4.37. The highest BCUT2D eigenvalue weighted by Gasteiger charge is 2.12. The maximum absolute atomic E-state index is 11.1. The summed E-state index contributed by atoms with van der Waals surface area (Å²) in [5.41, 5.74) is 3.33. The number of aromatic nitrogens is 2.